The number of halogens is 1. The lowest BCUT2D eigenvalue weighted by Gasteiger charge is -2.23. The number of carbonyl (C=O) groups is 1. The highest BCUT2D eigenvalue weighted by Gasteiger charge is 2.51. The zero-order chi connectivity index (χ0) is 15.8. The van der Waals surface area contributed by atoms with Crippen LogP contribution in [0.2, 0.25) is 0 Å². The fraction of sp³-hybridized carbons (Fsp3) is 0.706. The van der Waals surface area contributed by atoms with Gasteiger partial charge in [0.05, 0.1) is 6.54 Å². The van der Waals surface area contributed by atoms with Crippen LogP contribution >= 0.6 is 0 Å². The van der Waals surface area contributed by atoms with Gasteiger partial charge in [-0.1, -0.05) is 0 Å². The highest BCUT2D eigenvalue weighted by molar-refractivity contribution is 5.81. The maximum atomic E-state index is 13.8. The van der Waals surface area contributed by atoms with Crippen molar-refractivity contribution in [3.63, 3.8) is 0 Å². The van der Waals surface area contributed by atoms with E-state index in [1.165, 1.54) is 12.8 Å². The Kier molecular flexibility index (Phi) is 4.01. The molecule has 4 atom stereocenters. The molecular formula is C17H23FN4O. The summed E-state index contributed by atoms with van der Waals surface area (Å²) in [6, 6.07) is 1.81. The lowest BCUT2D eigenvalue weighted by atomic mass is 10.2. The van der Waals surface area contributed by atoms with Crippen molar-refractivity contribution in [3.05, 3.63) is 24.3 Å². The minimum Gasteiger partial charge on any atom is -0.354 e. The molecule has 1 aliphatic heterocycles. The highest BCUT2D eigenvalue weighted by atomic mass is 19.1. The first-order valence-corrected chi connectivity index (χ1v) is 8.62. The van der Waals surface area contributed by atoms with E-state index in [9.17, 15) is 9.18 Å². The van der Waals surface area contributed by atoms with Crippen LogP contribution in [0.1, 0.15) is 31.5 Å². The number of nitrogens with one attached hydrogen (secondary N) is 1. The number of hydrogen-bond donors (Lipinski definition) is 1. The standard InChI is InChI=1S/C17H23FN4O/c18-12-6-13(22(9-12)10-16-19-4-1-5-20-16)8-21-17(23)15-7-14(15)11-2-3-11/h1,4-5,11-15H,2-3,6-10H2,(H,21,23)/t12-,13-,14+,15-/m0/s1. The van der Waals surface area contributed by atoms with Crippen molar-refractivity contribution in [2.75, 3.05) is 13.1 Å². The average molecular weight is 318 g/mol. The lowest BCUT2D eigenvalue weighted by Crippen LogP contribution is -2.40. The third-order valence-electron chi connectivity index (χ3n) is 5.36. The van der Waals surface area contributed by atoms with Gasteiger partial charge in [0.1, 0.15) is 12.0 Å². The number of nitrogens with zero attached hydrogens (tertiary/aromatic N) is 3. The molecular weight excluding hydrogens is 295 g/mol. The summed E-state index contributed by atoms with van der Waals surface area (Å²) in [6.45, 7) is 1.46. The van der Waals surface area contributed by atoms with Gasteiger partial charge in [0.15, 0.2) is 0 Å². The molecule has 3 fully saturated rings. The molecule has 5 nitrogen and oxygen atoms in total. The first-order chi connectivity index (χ1) is 11.2. The van der Waals surface area contributed by atoms with E-state index in [0.717, 1.165) is 12.3 Å². The van der Waals surface area contributed by atoms with Crippen LogP contribution in [0.25, 0.3) is 0 Å². The number of carbonyl (C=O) groups excluding carboxylic acids is 1. The Hall–Kier alpha value is -1.56. The van der Waals surface area contributed by atoms with Crippen molar-refractivity contribution in [1.82, 2.24) is 20.2 Å². The fourth-order valence-corrected chi connectivity index (χ4v) is 3.83. The molecule has 0 unspecified atom stereocenters. The van der Waals surface area contributed by atoms with E-state index in [4.69, 9.17) is 0 Å². The Balaban J connectivity index is 1.29. The zero-order valence-electron chi connectivity index (χ0n) is 13.2. The lowest BCUT2D eigenvalue weighted by molar-refractivity contribution is -0.122. The molecule has 4 rings (SSSR count). The summed E-state index contributed by atoms with van der Waals surface area (Å²) in [5, 5.41) is 3.05. The third kappa shape index (κ3) is 3.52. The second-order valence-corrected chi connectivity index (χ2v) is 7.17. The second-order valence-electron chi connectivity index (χ2n) is 7.17. The molecule has 2 aliphatic carbocycles. The van der Waals surface area contributed by atoms with E-state index in [1.807, 2.05) is 4.90 Å². The average Bonchev–Trinajstić information content (AvgIpc) is 3.43. The van der Waals surface area contributed by atoms with Gasteiger partial charge in [-0.2, -0.15) is 0 Å². The van der Waals surface area contributed by atoms with Gasteiger partial charge in [-0.25, -0.2) is 14.4 Å². The summed E-state index contributed by atoms with van der Waals surface area (Å²) in [7, 11) is 0. The molecule has 0 aromatic carbocycles. The first kappa shape index (κ1) is 15.0. The Labute approximate surface area is 135 Å². The van der Waals surface area contributed by atoms with Gasteiger partial charge in [-0.15, -0.1) is 0 Å². The van der Waals surface area contributed by atoms with Crippen molar-refractivity contribution in [2.24, 2.45) is 17.8 Å². The molecule has 6 heteroatoms. The maximum Gasteiger partial charge on any atom is 0.223 e. The van der Waals surface area contributed by atoms with E-state index in [2.05, 4.69) is 15.3 Å². The van der Waals surface area contributed by atoms with Crippen LogP contribution in [0.5, 0.6) is 0 Å². The third-order valence-corrected chi connectivity index (χ3v) is 5.36. The van der Waals surface area contributed by atoms with Crippen LogP contribution in [0.4, 0.5) is 4.39 Å². The largest absolute Gasteiger partial charge is 0.354 e. The second kappa shape index (κ2) is 6.15. The molecule has 1 saturated heterocycles. The highest BCUT2D eigenvalue weighted by Crippen LogP contribution is 2.54. The van der Waals surface area contributed by atoms with Crippen molar-refractivity contribution in [1.29, 1.82) is 0 Å². The first-order valence-electron chi connectivity index (χ1n) is 8.62. The fourth-order valence-electron chi connectivity index (χ4n) is 3.83. The summed E-state index contributed by atoms with van der Waals surface area (Å²) < 4.78 is 13.8. The van der Waals surface area contributed by atoms with Crippen LogP contribution < -0.4 is 5.32 Å². The van der Waals surface area contributed by atoms with Crippen molar-refractivity contribution in [2.45, 2.75) is 44.4 Å². The van der Waals surface area contributed by atoms with Gasteiger partial charge >= 0.3 is 0 Å². The predicted molar refractivity (Wildman–Crippen MR) is 83.1 cm³/mol. The molecule has 23 heavy (non-hydrogen) atoms. The summed E-state index contributed by atoms with van der Waals surface area (Å²) in [6.07, 6.45) is 6.69. The van der Waals surface area contributed by atoms with Crippen LogP contribution in [0.3, 0.4) is 0 Å². The van der Waals surface area contributed by atoms with Crippen LogP contribution in [0, 0.1) is 17.8 Å². The van der Waals surface area contributed by atoms with Gasteiger partial charge in [0.25, 0.3) is 0 Å². The van der Waals surface area contributed by atoms with Crippen molar-refractivity contribution in [3.8, 4) is 0 Å². The molecule has 0 bridgehead atoms. The smallest absolute Gasteiger partial charge is 0.223 e. The summed E-state index contributed by atoms with van der Waals surface area (Å²) in [5.41, 5.74) is 0. The number of rotatable bonds is 6. The number of alkyl halides is 1. The molecule has 0 spiro atoms. The summed E-state index contributed by atoms with van der Waals surface area (Å²) in [4.78, 5) is 22.7. The molecule has 2 heterocycles. The normalized spacial score (nSPS) is 33.6. The maximum absolute atomic E-state index is 13.8. The van der Waals surface area contributed by atoms with Gasteiger partial charge in [0.2, 0.25) is 5.91 Å². The Morgan fingerprint density at radius 3 is 2.83 bits per heavy atom. The predicted octanol–water partition coefficient (Wildman–Crippen LogP) is 1.55. The molecule has 0 radical (unpaired) electrons. The van der Waals surface area contributed by atoms with E-state index >= 15 is 0 Å². The van der Waals surface area contributed by atoms with Gasteiger partial charge in [0, 0.05) is 37.4 Å². The molecule has 3 aliphatic rings. The van der Waals surface area contributed by atoms with Crippen molar-refractivity contribution < 1.29 is 9.18 Å². The minimum atomic E-state index is -0.833. The van der Waals surface area contributed by atoms with E-state index < -0.39 is 6.17 Å². The molecule has 1 amide bonds. The quantitative estimate of drug-likeness (QED) is 0.865. The molecule has 1 aromatic rings. The van der Waals surface area contributed by atoms with Gasteiger partial charge in [-0.05, 0) is 43.6 Å². The Bertz CT molecular complexity index is 565. The SMILES string of the molecule is O=C(NC[C@@H]1C[C@H](F)CN1Cc1ncccn1)[C@H]1C[C@@H]1C1CC1. The Morgan fingerprint density at radius 1 is 1.30 bits per heavy atom. The van der Waals surface area contributed by atoms with Crippen LogP contribution in [0.15, 0.2) is 18.5 Å². The Morgan fingerprint density at radius 2 is 2.09 bits per heavy atom. The van der Waals surface area contributed by atoms with E-state index in [0.29, 0.717) is 37.8 Å². The van der Waals surface area contributed by atoms with Gasteiger partial charge < -0.3 is 5.32 Å². The number of amides is 1. The zero-order valence-corrected chi connectivity index (χ0v) is 13.2. The summed E-state index contributed by atoms with van der Waals surface area (Å²) in [5.74, 6) is 2.52. The topological polar surface area (TPSA) is 58.1 Å². The van der Waals surface area contributed by atoms with Gasteiger partial charge in [-0.3, -0.25) is 9.69 Å². The summed E-state index contributed by atoms with van der Waals surface area (Å²) >= 11 is 0. The number of hydrogen-bond acceptors (Lipinski definition) is 4. The molecule has 1 aromatic heterocycles. The van der Waals surface area contributed by atoms with E-state index in [-0.39, 0.29) is 17.9 Å². The number of likely N-dealkylation sites (tertiary alicyclic amines) is 1. The van der Waals surface area contributed by atoms with Crippen molar-refractivity contribution >= 4 is 5.91 Å². The molecule has 124 valence electrons. The van der Waals surface area contributed by atoms with Crippen LogP contribution in [-0.4, -0.2) is 46.1 Å². The molecule has 1 N–H and O–H groups in total. The molecule has 2 saturated carbocycles. The van der Waals surface area contributed by atoms with E-state index in [1.54, 1.807) is 18.5 Å². The van der Waals surface area contributed by atoms with Crippen LogP contribution in [-0.2, 0) is 11.3 Å². The minimum absolute atomic E-state index is 0.0379. The number of aromatic nitrogens is 2. The monoisotopic (exact) mass is 318 g/mol.